The molecule has 0 spiro atoms. The number of esters is 1. The van der Waals surface area contributed by atoms with Gasteiger partial charge in [-0.3, -0.25) is 14.4 Å². The highest BCUT2D eigenvalue weighted by molar-refractivity contribution is 5.85. The summed E-state index contributed by atoms with van der Waals surface area (Å²) in [6.07, 6.45) is -5.15. The second-order valence-electron chi connectivity index (χ2n) is 4.47. The molecule has 0 aromatic rings. The number of methoxy groups -OCH3 is 1. The van der Waals surface area contributed by atoms with Crippen LogP contribution < -0.4 is 0 Å². The molecule has 0 saturated carbocycles. The van der Waals surface area contributed by atoms with Crippen LogP contribution in [-0.4, -0.2) is 48.9 Å². The fourth-order valence-electron chi connectivity index (χ4n) is 2.18. The highest BCUT2D eigenvalue weighted by atomic mass is 19.4. The number of hydrogen-bond acceptors (Lipinski definition) is 4. The van der Waals surface area contributed by atoms with Crippen molar-refractivity contribution in [3.63, 3.8) is 0 Å². The number of ketones is 1. The van der Waals surface area contributed by atoms with Gasteiger partial charge in [-0.2, -0.15) is 13.2 Å². The Bertz CT molecular complexity index is 394. The largest absolute Gasteiger partial charge is 0.471 e. The zero-order valence-electron chi connectivity index (χ0n) is 10.5. The van der Waals surface area contributed by atoms with Crippen LogP contribution in [0.25, 0.3) is 0 Å². The second kappa shape index (κ2) is 5.58. The lowest BCUT2D eigenvalue weighted by Gasteiger charge is -2.17. The molecule has 8 heteroatoms. The first-order valence-electron chi connectivity index (χ1n) is 5.60. The number of amides is 1. The topological polar surface area (TPSA) is 63.7 Å². The lowest BCUT2D eigenvalue weighted by Crippen LogP contribution is -2.40. The summed E-state index contributed by atoms with van der Waals surface area (Å²) in [5.74, 6) is -4.32. The zero-order chi connectivity index (χ0) is 14.8. The van der Waals surface area contributed by atoms with E-state index in [1.807, 2.05) is 0 Å². The van der Waals surface area contributed by atoms with Gasteiger partial charge in [0.2, 0.25) is 0 Å². The molecular formula is C11H14F3NO4. The molecule has 1 rings (SSSR count). The third-order valence-electron chi connectivity index (χ3n) is 3.15. The van der Waals surface area contributed by atoms with Gasteiger partial charge in [-0.1, -0.05) is 0 Å². The maximum absolute atomic E-state index is 12.3. The number of carbonyl (C=O) groups excluding carboxylic acids is 3. The second-order valence-corrected chi connectivity index (χ2v) is 4.47. The smallest absolute Gasteiger partial charge is 0.469 e. The molecule has 1 heterocycles. The predicted octanol–water partition coefficient (Wildman–Crippen LogP) is 0.775. The van der Waals surface area contributed by atoms with E-state index in [9.17, 15) is 27.6 Å². The number of Topliss-reactive ketones (excluding diaryl/α,β-unsaturated/α-hetero) is 1. The molecule has 5 nitrogen and oxygen atoms in total. The van der Waals surface area contributed by atoms with Gasteiger partial charge in [0, 0.05) is 19.0 Å². The average molecular weight is 281 g/mol. The highest BCUT2D eigenvalue weighted by Gasteiger charge is 2.48. The quantitative estimate of drug-likeness (QED) is 0.717. The predicted molar refractivity (Wildman–Crippen MR) is 56.9 cm³/mol. The van der Waals surface area contributed by atoms with Gasteiger partial charge in [-0.15, -0.1) is 0 Å². The average Bonchev–Trinajstić information content (AvgIpc) is 2.70. The molecule has 0 radical (unpaired) electrons. The van der Waals surface area contributed by atoms with Crippen LogP contribution in [0.3, 0.4) is 0 Å². The van der Waals surface area contributed by atoms with Crippen molar-refractivity contribution >= 4 is 17.7 Å². The van der Waals surface area contributed by atoms with E-state index in [2.05, 4.69) is 4.74 Å². The first-order valence-corrected chi connectivity index (χ1v) is 5.60. The van der Waals surface area contributed by atoms with Crippen LogP contribution in [0.15, 0.2) is 0 Å². The van der Waals surface area contributed by atoms with Gasteiger partial charge in [0.15, 0.2) is 0 Å². The van der Waals surface area contributed by atoms with E-state index in [4.69, 9.17) is 0 Å². The number of hydrogen-bond donors (Lipinski definition) is 0. The van der Waals surface area contributed by atoms with Crippen LogP contribution in [0.5, 0.6) is 0 Å². The van der Waals surface area contributed by atoms with Crippen molar-refractivity contribution in [1.82, 2.24) is 4.90 Å². The maximum Gasteiger partial charge on any atom is 0.471 e. The van der Waals surface area contributed by atoms with Gasteiger partial charge in [0.05, 0.1) is 13.5 Å². The number of ether oxygens (including phenoxy) is 1. The fourth-order valence-corrected chi connectivity index (χ4v) is 2.18. The molecule has 1 aliphatic rings. The zero-order valence-corrected chi connectivity index (χ0v) is 10.5. The minimum absolute atomic E-state index is 0.178. The summed E-state index contributed by atoms with van der Waals surface area (Å²) in [5.41, 5.74) is 0. The van der Waals surface area contributed by atoms with Crippen LogP contribution in [-0.2, 0) is 19.1 Å². The summed E-state index contributed by atoms with van der Waals surface area (Å²) in [7, 11) is 1.15. The Hall–Kier alpha value is -1.60. The Morgan fingerprint density at radius 2 is 1.84 bits per heavy atom. The summed E-state index contributed by atoms with van der Waals surface area (Å²) in [6.45, 7) is 0.656. The van der Waals surface area contributed by atoms with Crippen LogP contribution in [0.4, 0.5) is 13.2 Å². The van der Waals surface area contributed by atoms with E-state index in [-0.39, 0.29) is 25.3 Å². The van der Waals surface area contributed by atoms with Crippen molar-refractivity contribution in [2.24, 2.45) is 11.8 Å². The van der Waals surface area contributed by atoms with Crippen molar-refractivity contribution < 1.29 is 32.3 Å². The Balaban J connectivity index is 2.80. The first kappa shape index (κ1) is 15.5. The number of likely N-dealkylation sites (tertiary alicyclic amines) is 1. The molecule has 0 unspecified atom stereocenters. The van der Waals surface area contributed by atoms with Gasteiger partial charge in [-0.25, -0.2) is 0 Å². The number of alkyl halides is 3. The molecule has 0 N–H and O–H groups in total. The van der Waals surface area contributed by atoms with E-state index < -0.39 is 29.9 Å². The molecule has 1 aliphatic heterocycles. The van der Waals surface area contributed by atoms with E-state index >= 15 is 0 Å². The molecule has 1 saturated heterocycles. The van der Waals surface area contributed by atoms with E-state index in [1.54, 1.807) is 0 Å². The molecule has 0 bridgehead atoms. The molecular weight excluding hydrogens is 267 g/mol. The Labute approximate surface area is 107 Å². The van der Waals surface area contributed by atoms with E-state index in [1.165, 1.54) is 6.92 Å². The van der Waals surface area contributed by atoms with Crippen molar-refractivity contribution in [3.05, 3.63) is 0 Å². The van der Waals surface area contributed by atoms with Gasteiger partial charge in [0.1, 0.15) is 5.78 Å². The molecule has 0 aromatic carbocycles. The summed E-state index contributed by atoms with van der Waals surface area (Å²) in [4.78, 5) is 34.2. The number of carbonyl (C=O) groups is 3. The van der Waals surface area contributed by atoms with Gasteiger partial charge < -0.3 is 9.64 Å². The number of rotatable bonds is 3. The van der Waals surface area contributed by atoms with Crippen LogP contribution in [0.2, 0.25) is 0 Å². The molecule has 0 aromatic heterocycles. The van der Waals surface area contributed by atoms with Crippen LogP contribution >= 0.6 is 0 Å². The van der Waals surface area contributed by atoms with Crippen LogP contribution in [0, 0.1) is 11.8 Å². The van der Waals surface area contributed by atoms with Crippen molar-refractivity contribution in [3.8, 4) is 0 Å². The van der Waals surface area contributed by atoms with Crippen molar-refractivity contribution in [2.45, 2.75) is 19.5 Å². The van der Waals surface area contributed by atoms with Crippen LogP contribution in [0.1, 0.15) is 13.3 Å². The fraction of sp³-hybridized carbons (Fsp3) is 0.727. The van der Waals surface area contributed by atoms with Crippen molar-refractivity contribution in [1.29, 1.82) is 0 Å². The summed E-state index contributed by atoms with van der Waals surface area (Å²) < 4.78 is 41.4. The molecule has 0 aliphatic carbocycles. The monoisotopic (exact) mass is 281 g/mol. The van der Waals surface area contributed by atoms with Gasteiger partial charge in [-0.05, 0) is 12.8 Å². The number of nitrogens with zero attached hydrogens (tertiary/aromatic N) is 1. The first-order chi connectivity index (χ1) is 8.66. The normalized spacial score (nSPS) is 23.3. The minimum atomic E-state index is -4.97. The summed E-state index contributed by atoms with van der Waals surface area (Å²) >= 11 is 0. The third kappa shape index (κ3) is 3.68. The van der Waals surface area contributed by atoms with E-state index in [0.29, 0.717) is 4.90 Å². The standard InChI is InChI=1S/C11H14F3NO4/c1-6(16)8-5-15(10(18)11(12,13)14)4-7(8)3-9(17)19-2/h7-8H,3-5H2,1-2H3/t7-,8-/m1/s1. The lowest BCUT2D eigenvalue weighted by atomic mass is 9.90. The molecule has 1 fully saturated rings. The molecule has 19 heavy (non-hydrogen) atoms. The Kier molecular flexibility index (Phi) is 4.54. The number of halogens is 3. The lowest BCUT2D eigenvalue weighted by molar-refractivity contribution is -0.184. The Morgan fingerprint density at radius 3 is 2.26 bits per heavy atom. The minimum Gasteiger partial charge on any atom is -0.469 e. The van der Waals surface area contributed by atoms with Gasteiger partial charge >= 0.3 is 18.1 Å². The summed E-state index contributed by atoms with van der Waals surface area (Å²) in [5, 5.41) is 0. The Morgan fingerprint density at radius 1 is 1.26 bits per heavy atom. The maximum atomic E-state index is 12.3. The SMILES string of the molecule is COC(=O)C[C@@H]1CN(C(=O)C(F)(F)F)C[C@@H]1C(C)=O. The molecule has 2 atom stereocenters. The van der Waals surface area contributed by atoms with Crippen molar-refractivity contribution in [2.75, 3.05) is 20.2 Å². The molecule has 1 amide bonds. The highest BCUT2D eigenvalue weighted by Crippen LogP contribution is 2.30. The molecule has 108 valence electrons. The third-order valence-corrected chi connectivity index (χ3v) is 3.15. The van der Waals surface area contributed by atoms with Gasteiger partial charge in [0.25, 0.3) is 0 Å². The summed E-state index contributed by atoms with van der Waals surface area (Å²) in [6, 6.07) is 0. The van der Waals surface area contributed by atoms with E-state index in [0.717, 1.165) is 7.11 Å².